The average molecular weight is 391 g/mol. The first kappa shape index (κ1) is 17.5. The van der Waals surface area contributed by atoms with E-state index in [0.29, 0.717) is 13.1 Å². The number of allylic oxidation sites excluding steroid dienone is 2. The van der Waals surface area contributed by atoms with E-state index in [4.69, 9.17) is 11.6 Å². The van der Waals surface area contributed by atoms with Gasteiger partial charge in [0.15, 0.2) is 0 Å². The molecule has 8 heteroatoms. The Morgan fingerprint density at radius 2 is 2.20 bits per heavy atom. The van der Waals surface area contributed by atoms with Crippen molar-refractivity contribution in [1.82, 2.24) is 10.2 Å². The molecule has 136 valence electrons. The number of hydrogen-bond acceptors (Lipinski definition) is 4. The lowest BCUT2D eigenvalue weighted by Gasteiger charge is -2.38. The quantitative estimate of drug-likeness (QED) is 0.695. The fraction of sp³-hybridized carbons (Fsp3) is 0.588. The fourth-order valence-corrected chi connectivity index (χ4v) is 5.75. The van der Waals surface area contributed by atoms with Gasteiger partial charge in [-0.05, 0) is 28.9 Å². The van der Waals surface area contributed by atoms with Gasteiger partial charge >= 0.3 is 6.18 Å². The number of thioether (sulfide) groups is 1. The molecule has 0 amide bonds. The lowest BCUT2D eigenvalue weighted by atomic mass is 9.82. The molecular formula is C17H18ClF3N2OS. The number of rotatable bonds is 1. The maximum Gasteiger partial charge on any atom is 0.450 e. The number of Topliss-reactive ketones (excluding diaryl/α,β-unsaturated/α-hetero) is 1. The van der Waals surface area contributed by atoms with Crippen molar-refractivity contribution in [3.63, 3.8) is 0 Å². The minimum Gasteiger partial charge on any atom is -0.359 e. The molecule has 4 aliphatic rings. The Morgan fingerprint density at radius 3 is 2.92 bits per heavy atom. The van der Waals surface area contributed by atoms with Gasteiger partial charge < -0.3 is 10.2 Å². The molecule has 0 saturated carbocycles. The highest BCUT2D eigenvalue weighted by Crippen LogP contribution is 2.52. The first-order valence-electron chi connectivity index (χ1n) is 8.31. The number of alkyl halides is 4. The number of carbonyl (C=O) groups is 1. The molecule has 1 N–H and O–H groups in total. The van der Waals surface area contributed by atoms with Crippen molar-refractivity contribution in [2.45, 2.75) is 30.9 Å². The zero-order valence-electron chi connectivity index (χ0n) is 13.6. The van der Waals surface area contributed by atoms with E-state index in [1.54, 1.807) is 11.8 Å². The molecule has 0 radical (unpaired) electrons. The molecule has 0 aromatic heterocycles. The first-order chi connectivity index (χ1) is 11.8. The Morgan fingerprint density at radius 1 is 1.44 bits per heavy atom. The van der Waals surface area contributed by atoms with E-state index in [1.165, 1.54) is 0 Å². The number of halogens is 4. The Balaban J connectivity index is 1.84. The van der Waals surface area contributed by atoms with E-state index >= 15 is 0 Å². The molecule has 4 unspecified atom stereocenters. The normalized spacial score (nSPS) is 34.8. The van der Waals surface area contributed by atoms with Crippen LogP contribution in [0.4, 0.5) is 13.2 Å². The third-order valence-electron chi connectivity index (χ3n) is 5.43. The van der Waals surface area contributed by atoms with E-state index in [2.05, 4.69) is 12.2 Å². The molecule has 3 heterocycles. The second kappa shape index (κ2) is 6.06. The summed E-state index contributed by atoms with van der Waals surface area (Å²) < 4.78 is 39.4. The predicted octanol–water partition coefficient (Wildman–Crippen LogP) is 3.44. The zero-order valence-corrected chi connectivity index (χ0v) is 15.1. The van der Waals surface area contributed by atoms with Crippen molar-refractivity contribution in [2.75, 3.05) is 19.6 Å². The molecule has 3 aliphatic heterocycles. The number of nitrogens with zero attached hydrogens (tertiary/aromatic N) is 1. The van der Waals surface area contributed by atoms with Crippen LogP contribution in [0.5, 0.6) is 0 Å². The summed E-state index contributed by atoms with van der Waals surface area (Å²) in [6, 6.07) is -0.520. The van der Waals surface area contributed by atoms with Crippen molar-refractivity contribution in [2.24, 2.45) is 11.8 Å². The highest BCUT2D eigenvalue weighted by Gasteiger charge is 2.53. The van der Waals surface area contributed by atoms with Gasteiger partial charge in [0, 0.05) is 24.5 Å². The molecule has 25 heavy (non-hydrogen) atoms. The number of ketones is 1. The first-order valence-corrected chi connectivity index (χ1v) is 9.63. The second-order valence-electron chi connectivity index (χ2n) is 6.99. The van der Waals surface area contributed by atoms with Gasteiger partial charge in [-0.25, -0.2) is 0 Å². The van der Waals surface area contributed by atoms with E-state index in [0.717, 1.165) is 28.2 Å². The SMILES string of the molecule is CC1CC2=C3CNCC(C(=O)C(F)(F)F)C3N3CC=CSC(=C23)C1Cl. The lowest BCUT2D eigenvalue weighted by Crippen LogP contribution is -2.53. The van der Waals surface area contributed by atoms with Crippen LogP contribution in [0.2, 0.25) is 0 Å². The largest absolute Gasteiger partial charge is 0.450 e. The van der Waals surface area contributed by atoms with Crippen LogP contribution in [-0.4, -0.2) is 47.9 Å². The second-order valence-corrected chi connectivity index (χ2v) is 8.40. The summed E-state index contributed by atoms with van der Waals surface area (Å²) in [5.41, 5.74) is 3.00. The number of nitrogens with one attached hydrogen (secondary N) is 1. The van der Waals surface area contributed by atoms with Crippen molar-refractivity contribution in [3.05, 3.63) is 33.2 Å². The lowest BCUT2D eigenvalue weighted by molar-refractivity contribution is -0.177. The average Bonchev–Trinajstić information content (AvgIpc) is 2.73. The number of carbonyl (C=O) groups excluding carboxylic acids is 1. The van der Waals surface area contributed by atoms with Crippen LogP contribution in [0.3, 0.4) is 0 Å². The van der Waals surface area contributed by atoms with Crippen molar-refractivity contribution >= 4 is 29.1 Å². The Hall–Kier alpha value is -0.920. The van der Waals surface area contributed by atoms with Gasteiger partial charge in [-0.2, -0.15) is 13.2 Å². The minimum atomic E-state index is -4.82. The van der Waals surface area contributed by atoms with E-state index < -0.39 is 23.9 Å². The Kier molecular flexibility index (Phi) is 4.24. The molecule has 0 bridgehead atoms. The third-order valence-corrected chi connectivity index (χ3v) is 7.24. The van der Waals surface area contributed by atoms with Crippen LogP contribution in [0.15, 0.2) is 33.2 Å². The number of hydrogen-bond donors (Lipinski definition) is 1. The van der Waals surface area contributed by atoms with E-state index in [9.17, 15) is 18.0 Å². The maximum atomic E-state index is 13.1. The van der Waals surface area contributed by atoms with Gasteiger partial charge in [-0.1, -0.05) is 24.8 Å². The third kappa shape index (κ3) is 2.66. The molecule has 0 aromatic rings. The van der Waals surface area contributed by atoms with Gasteiger partial charge in [0.2, 0.25) is 5.78 Å². The molecule has 1 saturated heterocycles. The Bertz CT molecular complexity index is 715. The van der Waals surface area contributed by atoms with Gasteiger partial charge in [-0.15, -0.1) is 11.6 Å². The maximum absolute atomic E-state index is 13.1. The molecule has 0 spiro atoms. The summed E-state index contributed by atoms with van der Waals surface area (Å²) in [6.07, 6.45) is -2.14. The van der Waals surface area contributed by atoms with Crippen LogP contribution < -0.4 is 5.32 Å². The molecule has 4 rings (SSSR count). The fourth-order valence-electron chi connectivity index (χ4n) is 4.36. The van der Waals surface area contributed by atoms with Gasteiger partial charge in [0.05, 0.1) is 23.0 Å². The van der Waals surface area contributed by atoms with E-state index in [1.807, 2.05) is 16.4 Å². The summed E-state index contributed by atoms with van der Waals surface area (Å²) in [5, 5.41) is 4.83. The predicted molar refractivity (Wildman–Crippen MR) is 92.1 cm³/mol. The molecule has 1 fully saturated rings. The summed E-state index contributed by atoms with van der Waals surface area (Å²) in [6.45, 7) is 3.15. The summed E-state index contributed by atoms with van der Waals surface area (Å²) in [4.78, 5) is 15.0. The summed E-state index contributed by atoms with van der Waals surface area (Å²) >= 11 is 8.17. The molecule has 3 nitrogen and oxygen atoms in total. The molecular weight excluding hydrogens is 373 g/mol. The van der Waals surface area contributed by atoms with Crippen molar-refractivity contribution in [1.29, 1.82) is 0 Å². The topological polar surface area (TPSA) is 32.3 Å². The van der Waals surface area contributed by atoms with Gasteiger partial charge in [0.25, 0.3) is 0 Å². The van der Waals surface area contributed by atoms with Crippen molar-refractivity contribution < 1.29 is 18.0 Å². The van der Waals surface area contributed by atoms with Gasteiger partial charge in [0.1, 0.15) is 0 Å². The molecule has 4 atom stereocenters. The standard InChI is InChI=1S/C17H18ClF3N2OS/c1-8-5-9-10-6-22-7-11(16(24)17(19,20)21)13(10)23-3-2-4-25-15(12(8)18)14(9)23/h2,4,8,11-13,22H,3,5-7H2,1H3. The van der Waals surface area contributed by atoms with Crippen LogP contribution in [0.25, 0.3) is 0 Å². The van der Waals surface area contributed by atoms with Crippen molar-refractivity contribution in [3.8, 4) is 0 Å². The van der Waals surface area contributed by atoms with Crippen LogP contribution >= 0.6 is 23.4 Å². The minimum absolute atomic E-state index is 0.0512. The number of piperidine rings is 1. The molecule has 0 aromatic carbocycles. The van der Waals surface area contributed by atoms with E-state index in [-0.39, 0.29) is 17.8 Å². The smallest absolute Gasteiger partial charge is 0.359 e. The van der Waals surface area contributed by atoms with Crippen LogP contribution in [0, 0.1) is 11.8 Å². The highest BCUT2D eigenvalue weighted by molar-refractivity contribution is 8.06. The summed E-state index contributed by atoms with van der Waals surface area (Å²) in [7, 11) is 0. The van der Waals surface area contributed by atoms with Gasteiger partial charge in [-0.3, -0.25) is 4.79 Å². The van der Waals surface area contributed by atoms with Crippen LogP contribution in [0.1, 0.15) is 13.3 Å². The Labute approximate surface area is 153 Å². The monoisotopic (exact) mass is 390 g/mol. The number of fused-ring (bicyclic) bond motifs is 2. The van der Waals surface area contributed by atoms with Crippen LogP contribution in [-0.2, 0) is 4.79 Å². The highest BCUT2D eigenvalue weighted by atomic mass is 35.5. The molecule has 1 aliphatic carbocycles. The zero-order chi connectivity index (χ0) is 17.9. The summed E-state index contributed by atoms with van der Waals surface area (Å²) in [5.74, 6) is -2.54.